The van der Waals surface area contributed by atoms with Gasteiger partial charge in [0.1, 0.15) is 6.54 Å². The molecule has 58 valence electrons. The Kier molecular flexibility index (Phi) is 2.56. The van der Waals surface area contributed by atoms with Crippen LogP contribution in [-0.2, 0) is 6.54 Å². The molecule has 1 rings (SSSR count). The molecule has 1 aromatic rings. The molecule has 3 heteroatoms. The van der Waals surface area contributed by atoms with Crippen LogP contribution in [0.25, 0.3) is 0 Å². The van der Waals surface area contributed by atoms with E-state index in [9.17, 15) is 0 Å². The van der Waals surface area contributed by atoms with E-state index in [1.807, 2.05) is 6.92 Å². The van der Waals surface area contributed by atoms with Crippen LogP contribution < -0.4 is 0 Å². The molecule has 0 bridgehead atoms. The second-order valence-corrected chi connectivity index (χ2v) is 2.57. The summed E-state index contributed by atoms with van der Waals surface area (Å²) in [5.41, 5.74) is 0.967. The topological polar surface area (TPSA) is 17.8 Å². The van der Waals surface area contributed by atoms with Crippen molar-refractivity contribution in [1.29, 1.82) is 0 Å². The largest absolute Gasteiger partial charge is 0.256 e. The van der Waals surface area contributed by atoms with Crippen LogP contribution in [0.4, 0.5) is 0 Å². The zero-order valence-electron chi connectivity index (χ0n) is 6.56. The van der Waals surface area contributed by atoms with E-state index in [4.69, 9.17) is 11.6 Å². The number of rotatable bonds is 1. The number of hydrogen-bond donors (Lipinski definition) is 0. The highest BCUT2D eigenvalue weighted by Gasteiger charge is 2.00. The Hall–Kier alpha value is -0.940. The molecule has 1 heterocycles. The van der Waals surface area contributed by atoms with Crippen LogP contribution >= 0.6 is 11.6 Å². The minimum Gasteiger partial charge on any atom is -0.256 e. The lowest BCUT2D eigenvalue weighted by atomic mass is 10.5. The van der Waals surface area contributed by atoms with E-state index in [-0.39, 0.29) is 0 Å². The van der Waals surface area contributed by atoms with Crippen molar-refractivity contribution in [2.24, 2.45) is 0 Å². The molecule has 0 aliphatic rings. The molecule has 2 nitrogen and oxygen atoms in total. The molecule has 11 heavy (non-hydrogen) atoms. The highest BCUT2D eigenvalue weighted by molar-refractivity contribution is 6.31. The second-order valence-electron chi connectivity index (χ2n) is 2.16. The van der Waals surface area contributed by atoms with Gasteiger partial charge in [0.2, 0.25) is 0 Å². The van der Waals surface area contributed by atoms with Gasteiger partial charge in [0.25, 0.3) is 0 Å². The van der Waals surface area contributed by atoms with Crippen molar-refractivity contribution in [1.82, 2.24) is 9.78 Å². The van der Waals surface area contributed by atoms with Gasteiger partial charge in [-0.3, -0.25) is 4.68 Å². The summed E-state index contributed by atoms with van der Waals surface area (Å²) in [6, 6.07) is 0. The summed E-state index contributed by atoms with van der Waals surface area (Å²) in [6.45, 7) is 4.35. The molecular weight excluding hydrogens is 160 g/mol. The molecule has 0 aliphatic heterocycles. The zero-order valence-corrected chi connectivity index (χ0v) is 7.31. The Labute approximate surface area is 71.2 Å². The Morgan fingerprint density at radius 2 is 2.45 bits per heavy atom. The van der Waals surface area contributed by atoms with Crippen LogP contribution in [0.5, 0.6) is 0 Å². The highest BCUT2D eigenvalue weighted by Crippen LogP contribution is 2.12. The van der Waals surface area contributed by atoms with E-state index >= 15 is 0 Å². The zero-order chi connectivity index (χ0) is 8.27. The maximum absolute atomic E-state index is 5.78. The average molecular weight is 169 g/mol. The lowest BCUT2D eigenvalue weighted by Crippen LogP contribution is -1.99. The van der Waals surface area contributed by atoms with Crippen LogP contribution in [0.2, 0.25) is 5.02 Å². The van der Waals surface area contributed by atoms with Gasteiger partial charge in [-0.1, -0.05) is 17.5 Å². The summed E-state index contributed by atoms with van der Waals surface area (Å²) in [4.78, 5) is 0. The molecule has 0 radical (unpaired) electrons. The van der Waals surface area contributed by atoms with E-state index in [2.05, 4.69) is 16.9 Å². The second kappa shape index (κ2) is 3.45. The summed E-state index contributed by atoms with van der Waals surface area (Å²) >= 11 is 5.78. The highest BCUT2D eigenvalue weighted by atomic mass is 35.5. The first kappa shape index (κ1) is 8.16. The molecule has 0 unspecified atom stereocenters. The number of hydrogen-bond acceptors (Lipinski definition) is 1. The summed E-state index contributed by atoms with van der Waals surface area (Å²) in [5, 5.41) is 4.73. The number of nitrogens with zero attached hydrogens (tertiary/aromatic N) is 2. The number of aromatic nitrogens is 2. The molecule has 0 fully saturated rings. The van der Waals surface area contributed by atoms with Gasteiger partial charge in [-0.15, -0.1) is 5.92 Å². The maximum Gasteiger partial charge on any atom is 0.102 e. The molecule has 0 amide bonds. The first-order chi connectivity index (χ1) is 5.25. The normalized spacial score (nSPS) is 9.00. The van der Waals surface area contributed by atoms with Gasteiger partial charge in [-0.2, -0.15) is 5.10 Å². The van der Waals surface area contributed by atoms with Crippen LogP contribution in [0.3, 0.4) is 0 Å². The molecule has 0 saturated heterocycles. The first-order valence-electron chi connectivity index (χ1n) is 3.33. The Morgan fingerprint density at radius 1 is 1.73 bits per heavy atom. The first-order valence-corrected chi connectivity index (χ1v) is 3.71. The van der Waals surface area contributed by atoms with Crippen molar-refractivity contribution in [2.75, 3.05) is 0 Å². The van der Waals surface area contributed by atoms with E-state index in [0.29, 0.717) is 11.6 Å². The third kappa shape index (κ3) is 1.75. The number of halogens is 1. The molecule has 0 aromatic carbocycles. The molecule has 0 N–H and O–H groups in total. The van der Waals surface area contributed by atoms with Crippen molar-refractivity contribution in [3.8, 4) is 11.8 Å². The Balaban J connectivity index is 2.84. The van der Waals surface area contributed by atoms with E-state index < -0.39 is 0 Å². The van der Waals surface area contributed by atoms with Gasteiger partial charge in [0.15, 0.2) is 0 Å². The van der Waals surface area contributed by atoms with E-state index in [0.717, 1.165) is 5.69 Å². The molecule has 1 aromatic heterocycles. The lowest BCUT2D eigenvalue weighted by molar-refractivity contribution is 0.691. The minimum atomic E-state index is 0.620. The average Bonchev–Trinajstić information content (AvgIpc) is 2.31. The van der Waals surface area contributed by atoms with Crippen molar-refractivity contribution in [2.45, 2.75) is 20.4 Å². The van der Waals surface area contributed by atoms with Gasteiger partial charge in [-0.25, -0.2) is 0 Å². The van der Waals surface area contributed by atoms with Crippen molar-refractivity contribution >= 4 is 11.6 Å². The molecular formula is C8H9ClN2. The standard InChI is InChI=1S/C8H9ClN2/c1-3-4-5-11-7(2)8(9)6-10-11/h6H,5H2,1-2H3. The fraction of sp³-hybridized carbons (Fsp3) is 0.375. The van der Waals surface area contributed by atoms with Crippen LogP contribution in [0, 0.1) is 18.8 Å². The Bertz CT molecular complexity index is 304. The van der Waals surface area contributed by atoms with Crippen LogP contribution in [0.1, 0.15) is 12.6 Å². The SMILES string of the molecule is CC#CCn1ncc(Cl)c1C. The summed E-state index contributed by atoms with van der Waals surface area (Å²) in [6.07, 6.45) is 1.63. The van der Waals surface area contributed by atoms with Crippen molar-refractivity contribution in [3.05, 3.63) is 16.9 Å². The van der Waals surface area contributed by atoms with Gasteiger partial charge in [0.05, 0.1) is 16.9 Å². The predicted molar refractivity (Wildman–Crippen MR) is 45.4 cm³/mol. The monoisotopic (exact) mass is 168 g/mol. The van der Waals surface area contributed by atoms with Gasteiger partial charge < -0.3 is 0 Å². The molecule has 0 atom stereocenters. The third-order valence-corrected chi connectivity index (χ3v) is 1.82. The third-order valence-electron chi connectivity index (χ3n) is 1.45. The molecule has 0 aliphatic carbocycles. The fourth-order valence-corrected chi connectivity index (χ4v) is 0.878. The molecule has 0 spiro atoms. The summed E-state index contributed by atoms with van der Waals surface area (Å²) < 4.78 is 1.78. The Morgan fingerprint density at radius 3 is 2.91 bits per heavy atom. The smallest absolute Gasteiger partial charge is 0.102 e. The van der Waals surface area contributed by atoms with E-state index in [1.54, 1.807) is 17.8 Å². The van der Waals surface area contributed by atoms with Crippen molar-refractivity contribution in [3.63, 3.8) is 0 Å². The predicted octanol–water partition coefficient (Wildman–Crippen LogP) is 1.87. The van der Waals surface area contributed by atoms with Gasteiger partial charge >= 0.3 is 0 Å². The van der Waals surface area contributed by atoms with Crippen molar-refractivity contribution < 1.29 is 0 Å². The van der Waals surface area contributed by atoms with Gasteiger partial charge in [0, 0.05) is 0 Å². The lowest BCUT2D eigenvalue weighted by Gasteiger charge is -1.96. The van der Waals surface area contributed by atoms with Gasteiger partial charge in [-0.05, 0) is 13.8 Å². The quantitative estimate of drug-likeness (QED) is 0.586. The summed E-state index contributed by atoms with van der Waals surface area (Å²) in [7, 11) is 0. The fourth-order valence-electron chi connectivity index (χ4n) is 0.737. The van der Waals surface area contributed by atoms with E-state index in [1.165, 1.54) is 0 Å². The minimum absolute atomic E-state index is 0.620. The molecule has 0 saturated carbocycles. The van der Waals surface area contributed by atoms with Crippen LogP contribution in [0.15, 0.2) is 6.20 Å². The maximum atomic E-state index is 5.78. The van der Waals surface area contributed by atoms with Crippen LogP contribution in [-0.4, -0.2) is 9.78 Å². The summed E-state index contributed by atoms with van der Waals surface area (Å²) in [5.74, 6) is 5.71.